The molecule has 0 fully saturated rings. The van der Waals surface area contributed by atoms with Gasteiger partial charge >= 0.3 is 0 Å². The molecule has 1 amide bonds. The lowest BCUT2D eigenvalue weighted by atomic mass is 9.96. The van der Waals surface area contributed by atoms with Crippen LogP contribution in [-0.4, -0.2) is 23.5 Å². The van der Waals surface area contributed by atoms with Crippen LogP contribution >= 0.6 is 11.8 Å². The minimum absolute atomic E-state index is 0.212. The van der Waals surface area contributed by atoms with E-state index < -0.39 is 0 Å². The summed E-state index contributed by atoms with van der Waals surface area (Å²) >= 11 is 1.94. The quantitative estimate of drug-likeness (QED) is 0.492. The van der Waals surface area contributed by atoms with Gasteiger partial charge in [0.1, 0.15) is 0 Å². The van der Waals surface area contributed by atoms with Gasteiger partial charge in [0.05, 0.1) is 0 Å². The van der Waals surface area contributed by atoms with Gasteiger partial charge in [-0.3, -0.25) is 4.79 Å². The molecule has 0 radical (unpaired) electrons. The smallest absolute Gasteiger partial charge is 0.223 e. The molecule has 2 nitrogen and oxygen atoms in total. The molecule has 0 heterocycles. The average Bonchev–Trinajstić information content (AvgIpc) is 2.50. The van der Waals surface area contributed by atoms with Crippen LogP contribution < -0.4 is 5.32 Å². The predicted octanol–water partition coefficient (Wildman–Crippen LogP) is 5.41. The third-order valence-electron chi connectivity index (χ3n) is 4.36. The van der Waals surface area contributed by atoms with Gasteiger partial charge < -0.3 is 5.32 Å². The van der Waals surface area contributed by atoms with Crippen molar-refractivity contribution in [1.82, 2.24) is 5.32 Å². The maximum Gasteiger partial charge on any atom is 0.223 e. The number of amides is 1. The lowest BCUT2D eigenvalue weighted by Gasteiger charge is -2.25. The summed E-state index contributed by atoms with van der Waals surface area (Å²) in [6, 6.07) is 0.366. The van der Waals surface area contributed by atoms with Gasteiger partial charge in [0, 0.05) is 17.2 Å². The maximum absolute atomic E-state index is 12.5. The number of thioether (sulfide) groups is 1. The average molecular weight is 316 g/mol. The Morgan fingerprint density at radius 3 is 2.10 bits per heavy atom. The largest absolute Gasteiger partial charge is 0.353 e. The Labute approximate surface area is 137 Å². The lowest BCUT2D eigenvalue weighted by molar-refractivity contribution is -0.126. The first-order valence-electron chi connectivity index (χ1n) is 8.95. The van der Waals surface area contributed by atoms with Crippen molar-refractivity contribution in [3.8, 4) is 0 Å². The summed E-state index contributed by atoms with van der Waals surface area (Å²) in [6.07, 6.45) is 12.4. The zero-order valence-corrected chi connectivity index (χ0v) is 15.7. The van der Waals surface area contributed by atoms with Crippen molar-refractivity contribution in [3.05, 3.63) is 0 Å². The highest BCUT2D eigenvalue weighted by molar-refractivity contribution is 7.99. The number of nitrogens with one attached hydrogen (secondary N) is 1. The second-order valence-electron chi connectivity index (χ2n) is 6.10. The molecule has 0 aliphatic heterocycles. The van der Waals surface area contributed by atoms with Crippen molar-refractivity contribution < 1.29 is 4.79 Å². The van der Waals surface area contributed by atoms with Crippen molar-refractivity contribution in [2.24, 2.45) is 5.92 Å². The van der Waals surface area contributed by atoms with Crippen molar-refractivity contribution >= 4 is 17.7 Å². The maximum atomic E-state index is 12.5. The molecule has 0 rings (SSSR count). The van der Waals surface area contributed by atoms with Crippen molar-refractivity contribution in [2.75, 3.05) is 6.26 Å². The third kappa shape index (κ3) is 9.44. The van der Waals surface area contributed by atoms with Crippen LogP contribution in [0.2, 0.25) is 0 Å². The number of hydrogen-bond donors (Lipinski definition) is 1. The first kappa shape index (κ1) is 20.8. The summed E-state index contributed by atoms with van der Waals surface area (Å²) in [5.74, 6) is 0.506. The highest BCUT2D eigenvalue weighted by atomic mass is 32.2. The fourth-order valence-electron chi connectivity index (χ4n) is 2.74. The first-order valence-corrected chi connectivity index (χ1v) is 10.2. The van der Waals surface area contributed by atoms with E-state index >= 15 is 0 Å². The summed E-state index contributed by atoms with van der Waals surface area (Å²) < 4.78 is 0. The Kier molecular flexibility index (Phi) is 13.4. The van der Waals surface area contributed by atoms with E-state index in [9.17, 15) is 4.79 Å². The topological polar surface area (TPSA) is 29.1 Å². The van der Waals surface area contributed by atoms with Crippen LogP contribution in [0.4, 0.5) is 0 Å². The van der Waals surface area contributed by atoms with Crippen LogP contribution in [0.3, 0.4) is 0 Å². The monoisotopic (exact) mass is 315 g/mol. The minimum atomic E-state index is 0.212. The Hall–Kier alpha value is -0.180. The number of unbranched alkanes of at least 4 members (excludes halogenated alkanes) is 2. The Balaban J connectivity index is 4.50. The van der Waals surface area contributed by atoms with Crippen LogP contribution in [0.15, 0.2) is 0 Å². The molecule has 0 saturated carbocycles. The molecule has 3 unspecified atom stereocenters. The normalized spacial score (nSPS) is 15.5. The second-order valence-corrected chi connectivity index (χ2v) is 7.23. The van der Waals surface area contributed by atoms with E-state index in [1.54, 1.807) is 0 Å². The van der Waals surface area contributed by atoms with Gasteiger partial charge in [0.2, 0.25) is 5.91 Å². The SMILES string of the molecule is CCCCC(CC(CC)SC)NC(=O)C(CC)CCCC. The number of rotatable bonds is 13. The van der Waals surface area contributed by atoms with Gasteiger partial charge in [0.15, 0.2) is 0 Å². The van der Waals surface area contributed by atoms with Gasteiger partial charge in [-0.1, -0.05) is 53.4 Å². The van der Waals surface area contributed by atoms with Gasteiger partial charge in [-0.2, -0.15) is 11.8 Å². The van der Waals surface area contributed by atoms with Crippen LogP contribution in [-0.2, 0) is 4.79 Å². The summed E-state index contributed by atoms with van der Waals surface area (Å²) in [5.41, 5.74) is 0. The fraction of sp³-hybridized carbons (Fsp3) is 0.944. The molecule has 0 aliphatic rings. The summed E-state index contributed by atoms with van der Waals surface area (Å²) in [5, 5.41) is 4.03. The Morgan fingerprint density at radius 2 is 1.62 bits per heavy atom. The van der Waals surface area contributed by atoms with E-state index in [1.807, 2.05) is 11.8 Å². The molecule has 0 aromatic carbocycles. The minimum Gasteiger partial charge on any atom is -0.353 e. The zero-order valence-electron chi connectivity index (χ0n) is 14.9. The van der Waals surface area contributed by atoms with E-state index in [0.29, 0.717) is 17.2 Å². The van der Waals surface area contributed by atoms with Crippen LogP contribution in [0.25, 0.3) is 0 Å². The summed E-state index contributed by atoms with van der Waals surface area (Å²) in [6.45, 7) is 8.80. The van der Waals surface area contributed by atoms with Gasteiger partial charge in [-0.15, -0.1) is 0 Å². The summed E-state index contributed by atoms with van der Waals surface area (Å²) in [7, 11) is 0. The molecule has 0 bridgehead atoms. The van der Waals surface area contributed by atoms with Gasteiger partial charge in [0.25, 0.3) is 0 Å². The van der Waals surface area contributed by atoms with E-state index in [1.165, 1.54) is 25.7 Å². The highest BCUT2D eigenvalue weighted by Gasteiger charge is 2.21. The van der Waals surface area contributed by atoms with Gasteiger partial charge in [-0.05, 0) is 38.4 Å². The van der Waals surface area contributed by atoms with Crippen molar-refractivity contribution in [1.29, 1.82) is 0 Å². The molecule has 3 atom stereocenters. The number of carbonyl (C=O) groups is 1. The lowest BCUT2D eigenvalue weighted by Crippen LogP contribution is -2.40. The molecule has 0 aromatic rings. The van der Waals surface area contributed by atoms with Gasteiger partial charge in [-0.25, -0.2) is 0 Å². The van der Waals surface area contributed by atoms with E-state index in [-0.39, 0.29) is 5.92 Å². The Morgan fingerprint density at radius 1 is 1.00 bits per heavy atom. The van der Waals surface area contributed by atoms with Crippen LogP contribution in [0.5, 0.6) is 0 Å². The van der Waals surface area contributed by atoms with E-state index in [0.717, 1.165) is 32.1 Å². The zero-order chi connectivity index (χ0) is 16.1. The Bertz CT molecular complexity index is 254. The second kappa shape index (κ2) is 13.5. The number of carbonyl (C=O) groups excluding carboxylic acids is 1. The number of hydrogen-bond acceptors (Lipinski definition) is 2. The molecule has 0 aromatic heterocycles. The molecular formula is C18H37NOS. The molecule has 0 spiro atoms. The first-order chi connectivity index (χ1) is 10.1. The molecule has 0 aliphatic carbocycles. The van der Waals surface area contributed by atoms with E-state index in [2.05, 4.69) is 39.3 Å². The molecule has 21 heavy (non-hydrogen) atoms. The highest BCUT2D eigenvalue weighted by Crippen LogP contribution is 2.20. The molecular weight excluding hydrogens is 278 g/mol. The fourth-order valence-corrected chi connectivity index (χ4v) is 3.49. The summed E-state index contributed by atoms with van der Waals surface area (Å²) in [4.78, 5) is 12.5. The standard InChI is InChI=1S/C18H37NOS/c1-6-10-12-15(8-3)18(20)19-16(13-11-7-2)14-17(9-4)21-5/h15-17H,6-14H2,1-5H3,(H,19,20). The van der Waals surface area contributed by atoms with Crippen molar-refractivity contribution in [3.63, 3.8) is 0 Å². The predicted molar refractivity (Wildman–Crippen MR) is 97.0 cm³/mol. The molecule has 3 heteroatoms. The van der Waals surface area contributed by atoms with Crippen LogP contribution in [0, 0.1) is 5.92 Å². The van der Waals surface area contributed by atoms with Crippen LogP contribution in [0.1, 0.15) is 85.5 Å². The van der Waals surface area contributed by atoms with Crippen molar-refractivity contribution in [2.45, 2.75) is 96.8 Å². The molecule has 0 saturated heterocycles. The molecule has 1 N–H and O–H groups in total. The van der Waals surface area contributed by atoms with E-state index in [4.69, 9.17) is 0 Å². The third-order valence-corrected chi connectivity index (χ3v) is 5.55. The molecule has 126 valence electrons.